The van der Waals surface area contributed by atoms with Crippen LogP contribution >= 0.6 is 11.3 Å². The molecular formula is C21H18FN3O3S. The minimum Gasteiger partial charge on any atom is -0.482 e. The predicted octanol–water partition coefficient (Wildman–Crippen LogP) is 4.12. The zero-order valence-electron chi connectivity index (χ0n) is 15.9. The molecule has 0 atom stereocenters. The Morgan fingerprint density at radius 2 is 2.10 bits per heavy atom. The van der Waals surface area contributed by atoms with Crippen molar-refractivity contribution in [3.05, 3.63) is 58.7 Å². The maximum absolute atomic E-state index is 13.9. The Kier molecular flexibility index (Phi) is 5.02. The van der Waals surface area contributed by atoms with Crippen molar-refractivity contribution in [2.24, 2.45) is 0 Å². The van der Waals surface area contributed by atoms with E-state index in [0.29, 0.717) is 23.0 Å². The lowest BCUT2D eigenvalue weighted by molar-refractivity contribution is -0.120. The molecule has 0 saturated heterocycles. The first-order chi connectivity index (χ1) is 14.0. The number of ether oxygens (including phenoxy) is 1. The second-order valence-electron chi connectivity index (χ2n) is 6.50. The SMILES string of the molecule is CCc1sc(NC(=O)c2ccccc2F)nc1-c1ccc2c(c1)N(C)C(=O)CO2. The molecule has 0 unspecified atom stereocenters. The van der Waals surface area contributed by atoms with Gasteiger partial charge in [-0.25, -0.2) is 9.37 Å². The Hall–Kier alpha value is -3.26. The number of likely N-dealkylation sites (N-methyl/N-ethyl adjacent to an activating group) is 1. The van der Waals surface area contributed by atoms with Gasteiger partial charge < -0.3 is 9.64 Å². The normalized spacial score (nSPS) is 13.1. The van der Waals surface area contributed by atoms with Crippen LogP contribution in [0, 0.1) is 5.82 Å². The number of carbonyl (C=O) groups is 2. The first-order valence-corrected chi connectivity index (χ1v) is 9.89. The van der Waals surface area contributed by atoms with Gasteiger partial charge in [0.05, 0.1) is 16.9 Å². The van der Waals surface area contributed by atoms with Crippen molar-refractivity contribution in [2.45, 2.75) is 13.3 Å². The van der Waals surface area contributed by atoms with E-state index in [4.69, 9.17) is 4.74 Å². The van der Waals surface area contributed by atoms with E-state index in [9.17, 15) is 14.0 Å². The average molecular weight is 411 g/mol. The molecule has 2 heterocycles. The Balaban J connectivity index is 1.66. The van der Waals surface area contributed by atoms with Crippen molar-refractivity contribution in [1.82, 2.24) is 4.98 Å². The van der Waals surface area contributed by atoms with Gasteiger partial charge in [0.1, 0.15) is 11.6 Å². The summed E-state index contributed by atoms with van der Waals surface area (Å²) < 4.78 is 19.3. The van der Waals surface area contributed by atoms with Gasteiger partial charge >= 0.3 is 0 Å². The number of halogens is 1. The molecule has 0 fully saturated rings. The molecular weight excluding hydrogens is 393 g/mol. The first-order valence-electron chi connectivity index (χ1n) is 9.07. The highest BCUT2D eigenvalue weighted by Crippen LogP contribution is 2.38. The Labute approximate surface area is 171 Å². The van der Waals surface area contributed by atoms with Crippen LogP contribution in [0.2, 0.25) is 0 Å². The van der Waals surface area contributed by atoms with E-state index < -0.39 is 11.7 Å². The van der Waals surface area contributed by atoms with Crippen LogP contribution in [-0.4, -0.2) is 30.5 Å². The third kappa shape index (κ3) is 3.58. The third-order valence-electron chi connectivity index (χ3n) is 4.68. The second kappa shape index (κ2) is 7.63. The molecule has 0 aliphatic carbocycles. The van der Waals surface area contributed by atoms with Crippen LogP contribution in [-0.2, 0) is 11.2 Å². The fourth-order valence-electron chi connectivity index (χ4n) is 3.10. The zero-order valence-corrected chi connectivity index (χ0v) is 16.7. The van der Waals surface area contributed by atoms with E-state index in [1.54, 1.807) is 18.0 Å². The summed E-state index contributed by atoms with van der Waals surface area (Å²) in [5.41, 5.74) is 2.17. The van der Waals surface area contributed by atoms with Crippen molar-refractivity contribution in [1.29, 1.82) is 0 Å². The van der Waals surface area contributed by atoms with Gasteiger partial charge in [0, 0.05) is 17.5 Å². The largest absolute Gasteiger partial charge is 0.482 e. The van der Waals surface area contributed by atoms with Crippen molar-refractivity contribution in [3.63, 3.8) is 0 Å². The van der Waals surface area contributed by atoms with E-state index in [1.165, 1.54) is 29.5 Å². The van der Waals surface area contributed by atoms with Gasteiger partial charge in [0.15, 0.2) is 11.7 Å². The average Bonchev–Trinajstić information content (AvgIpc) is 3.13. The zero-order chi connectivity index (χ0) is 20.5. The van der Waals surface area contributed by atoms with E-state index in [0.717, 1.165) is 16.1 Å². The molecule has 2 amide bonds. The molecule has 1 aromatic heterocycles. The molecule has 0 spiro atoms. The summed E-state index contributed by atoms with van der Waals surface area (Å²) in [6.45, 7) is 2.02. The summed E-state index contributed by atoms with van der Waals surface area (Å²) in [4.78, 5) is 31.4. The van der Waals surface area contributed by atoms with Crippen LogP contribution in [0.15, 0.2) is 42.5 Å². The molecule has 1 aliphatic rings. The molecule has 148 valence electrons. The quantitative estimate of drug-likeness (QED) is 0.701. The van der Waals surface area contributed by atoms with Gasteiger partial charge in [-0.15, -0.1) is 11.3 Å². The molecule has 4 rings (SSSR count). The summed E-state index contributed by atoms with van der Waals surface area (Å²) in [5.74, 6) is -0.617. The van der Waals surface area contributed by atoms with Crippen LogP contribution < -0.4 is 15.0 Å². The third-order valence-corrected chi connectivity index (χ3v) is 5.79. The van der Waals surface area contributed by atoms with Crippen LogP contribution in [0.4, 0.5) is 15.2 Å². The number of rotatable bonds is 4. The van der Waals surface area contributed by atoms with E-state index in [2.05, 4.69) is 10.3 Å². The number of aromatic nitrogens is 1. The first kappa shape index (κ1) is 19.1. The fraction of sp³-hybridized carbons (Fsp3) is 0.190. The Bertz CT molecular complexity index is 1110. The molecule has 6 nitrogen and oxygen atoms in total. The van der Waals surface area contributed by atoms with Gasteiger partial charge in [-0.3, -0.25) is 14.9 Å². The number of aryl methyl sites for hydroxylation is 1. The minimum absolute atomic E-state index is 0.0198. The Morgan fingerprint density at radius 1 is 1.31 bits per heavy atom. The molecule has 0 bridgehead atoms. The standard InChI is InChI=1S/C21H18FN3O3S/c1-3-17-19(12-8-9-16-15(10-12)25(2)18(26)11-28-16)23-21(29-17)24-20(27)13-6-4-5-7-14(13)22/h4-10H,3,11H2,1-2H3,(H,23,24,27). The molecule has 3 aromatic rings. The molecule has 1 aliphatic heterocycles. The van der Waals surface area contributed by atoms with E-state index in [-0.39, 0.29) is 18.1 Å². The van der Waals surface area contributed by atoms with Crippen molar-refractivity contribution < 1.29 is 18.7 Å². The van der Waals surface area contributed by atoms with Gasteiger partial charge in [-0.05, 0) is 36.8 Å². The predicted molar refractivity (Wildman–Crippen MR) is 110 cm³/mol. The van der Waals surface area contributed by atoms with Gasteiger partial charge in [-0.1, -0.05) is 19.1 Å². The number of anilines is 2. The number of carbonyl (C=O) groups excluding carboxylic acids is 2. The maximum Gasteiger partial charge on any atom is 0.264 e. The number of benzene rings is 2. The number of fused-ring (bicyclic) bond motifs is 1. The lowest BCUT2D eigenvalue weighted by atomic mass is 10.1. The lowest BCUT2D eigenvalue weighted by Gasteiger charge is -2.26. The summed E-state index contributed by atoms with van der Waals surface area (Å²) in [5, 5.41) is 3.07. The highest BCUT2D eigenvalue weighted by molar-refractivity contribution is 7.16. The number of amides is 2. The van der Waals surface area contributed by atoms with Crippen LogP contribution in [0.25, 0.3) is 11.3 Å². The number of hydrogen-bond acceptors (Lipinski definition) is 5. The van der Waals surface area contributed by atoms with Crippen LogP contribution in [0.1, 0.15) is 22.2 Å². The molecule has 29 heavy (non-hydrogen) atoms. The van der Waals surface area contributed by atoms with E-state index in [1.807, 2.05) is 25.1 Å². The van der Waals surface area contributed by atoms with Gasteiger partial charge in [0.25, 0.3) is 11.8 Å². The number of hydrogen-bond donors (Lipinski definition) is 1. The highest BCUT2D eigenvalue weighted by atomic mass is 32.1. The monoisotopic (exact) mass is 411 g/mol. The smallest absolute Gasteiger partial charge is 0.264 e. The lowest BCUT2D eigenvalue weighted by Crippen LogP contribution is -2.35. The van der Waals surface area contributed by atoms with Gasteiger partial charge in [-0.2, -0.15) is 0 Å². The molecule has 8 heteroatoms. The molecule has 1 N–H and O–H groups in total. The van der Waals surface area contributed by atoms with Crippen LogP contribution in [0.3, 0.4) is 0 Å². The van der Waals surface area contributed by atoms with Crippen molar-refractivity contribution in [3.8, 4) is 17.0 Å². The summed E-state index contributed by atoms with van der Waals surface area (Å²) in [6.07, 6.45) is 0.713. The maximum atomic E-state index is 13.9. The Morgan fingerprint density at radius 3 is 2.86 bits per heavy atom. The number of nitrogens with zero attached hydrogens (tertiary/aromatic N) is 2. The van der Waals surface area contributed by atoms with E-state index >= 15 is 0 Å². The summed E-state index contributed by atoms with van der Waals surface area (Å²) in [6, 6.07) is 11.3. The minimum atomic E-state index is -0.583. The van der Waals surface area contributed by atoms with Crippen LogP contribution in [0.5, 0.6) is 5.75 Å². The summed E-state index contributed by atoms with van der Waals surface area (Å²) in [7, 11) is 1.70. The topological polar surface area (TPSA) is 71.5 Å². The number of nitrogens with one attached hydrogen (secondary N) is 1. The highest BCUT2D eigenvalue weighted by Gasteiger charge is 2.24. The second-order valence-corrected chi connectivity index (χ2v) is 7.59. The molecule has 0 saturated carbocycles. The van der Waals surface area contributed by atoms with Crippen molar-refractivity contribution >= 4 is 34.0 Å². The van der Waals surface area contributed by atoms with Crippen molar-refractivity contribution in [2.75, 3.05) is 23.9 Å². The summed E-state index contributed by atoms with van der Waals surface area (Å²) >= 11 is 1.34. The number of thiazole rings is 1. The fourth-order valence-corrected chi connectivity index (χ4v) is 4.02. The van der Waals surface area contributed by atoms with Gasteiger partial charge in [0.2, 0.25) is 0 Å². The molecule has 2 aromatic carbocycles. The molecule has 0 radical (unpaired) electrons.